The van der Waals surface area contributed by atoms with Crippen LogP contribution in [-0.4, -0.2) is 7.11 Å². The van der Waals surface area contributed by atoms with E-state index in [4.69, 9.17) is 22.1 Å². The highest BCUT2D eigenvalue weighted by Gasteiger charge is 2.16. The Morgan fingerprint density at radius 2 is 1.95 bits per heavy atom. The predicted molar refractivity (Wildman–Crippen MR) is 75.0 cm³/mol. The molecule has 0 aromatic heterocycles. The van der Waals surface area contributed by atoms with Crippen molar-refractivity contribution in [2.75, 3.05) is 7.11 Å². The molecule has 0 aliphatic heterocycles. The molecular weight excluding hydrogens is 265 g/mol. The molecule has 19 heavy (non-hydrogen) atoms. The highest BCUT2D eigenvalue weighted by atomic mass is 35.5. The van der Waals surface area contributed by atoms with Crippen LogP contribution in [0, 0.1) is 5.82 Å². The minimum Gasteiger partial charge on any atom is -0.496 e. The van der Waals surface area contributed by atoms with Crippen LogP contribution in [0.1, 0.15) is 17.2 Å². The van der Waals surface area contributed by atoms with Crippen LogP contribution in [0.2, 0.25) is 5.02 Å². The molecule has 4 heteroatoms. The molecule has 0 spiro atoms. The van der Waals surface area contributed by atoms with Gasteiger partial charge in [-0.25, -0.2) is 4.39 Å². The van der Waals surface area contributed by atoms with Gasteiger partial charge < -0.3 is 10.5 Å². The van der Waals surface area contributed by atoms with Gasteiger partial charge in [0.25, 0.3) is 0 Å². The summed E-state index contributed by atoms with van der Waals surface area (Å²) in [4.78, 5) is 0. The molecule has 100 valence electrons. The molecular formula is C15H15ClFNO. The molecule has 0 aliphatic rings. The molecule has 0 fully saturated rings. The average Bonchev–Trinajstić information content (AvgIpc) is 2.42. The number of hydrogen-bond acceptors (Lipinski definition) is 2. The smallest absolute Gasteiger partial charge is 0.127 e. The van der Waals surface area contributed by atoms with Gasteiger partial charge in [0.05, 0.1) is 7.11 Å². The third-order valence-electron chi connectivity index (χ3n) is 3.02. The Kier molecular flexibility index (Phi) is 4.40. The van der Waals surface area contributed by atoms with Crippen LogP contribution in [0.3, 0.4) is 0 Å². The van der Waals surface area contributed by atoms with Crippen molar-refractivity contribution in [1.82, 2.24) is 0 Å². The van der Waals surface area contributed by atoms with E-state index in [1.165, 1.54) is 6.07 Å². The molecule has 2 aromatic carbocycles. The van der Waals surface area contributed by atoms with Gasteiger partial charge in [-0.15, -0.1) is 0 Å². The third kappa shape index (κ3) is 3.06. The molecule has 2 aromatic rings. The van der Waals surface area contributed by atoms with Gasteiger partial charge in [-0.3, -0.25) is 0 Å². The first kappa shape index (κ1) is 13.8. The first-order valence-electron chi connectivity index (χ1n) is 5.95. The van der Waals surface area contributed by atoms with Gasteiger partial charge in [-0.2, -0.15) is 0 Å². The fraction of sp³-hybridized carbons (Fsp3) is 0.200. The maximum atomic E-state index is 13.7. The molecule has 0 amide bonds. The lowest BCUT2D eigenvalue weighted by atomic mass is 9.98. The highest BCUT2D eigenvalue weighted by Crippen LogP contribution is 2.29. The average molecular weight is 280 g/mol. The van der Waals surface area contributed by atoms with Crippen LogP contribution in [0.4, 0.5) is 4.39 Å². The van der Waals surface area contributed by atoms with Gasteiger partial charge in [0.2, 0.25) is 0 Å². The normalized spacial score (nSPS) is 12.2. The van der Waals surface area contributed by atoms with Crippen LogP contribution in [0.15, 0.2) is 42.5 Å². The first-order valence-corrected chi connectivity index (χ1v) is 6.32. The van der Waals surface area contributed by atoms with Crippen LogP contribution in [-0.2, 0) is 6.42 Å². The number of nitrogens with two attached hydrogens (primary N) is 1. The Hall–Kier alpha value is -1.58. The van der Waals surface area contributed by atoms with E-state index in [0.29, 0.717) is 22.8 Å². The molecule has 0 saturated heterocycles. The summed E-state index contributed by atoms with van der Waals surface area (Å²) in [7, 11) is 1.58. The second-order valence-electron chi connectivity index (χ2n) is 4.25. The van der Waals surface area contributed by atoms with Crippen LogP contribution < -0.4 is 10.5 Å². The SMILES string of the molecule is COc1ccccc1C(N)Cc1c(F)cccc1Cl. The zero-order valence-electron chi connectivity index (χ0n) is 10.6. The number of para-hydroxylation sites is 1. The second-order valence-corrected chi connectivity index (χ2v) is 4.66. The predicted octanol–water partition coefficient (Wildman–Crippen LogP) is 3.73. The molecule has 0 bridgehead atoms. The molecule has 2 N–H and O–H groups in total. The van der Waals surface area contributed by atoms with Gasteiger partial charge in [0.1, 0.15) is 11.6 Å². The topological polar surface area (TPSA) is 35.2 Å². The largest absolute Gasteiger partial charge is 0.496 e. The Morgan fingerprint density at radius 3 is 2.63 bits per heavy atom. The third-order valence-corrected chi connectivity index (χ3v) is 3.38. The Labute approximate surface area is 117 Å². The number of hydrogen-bond donors (Lipinski definition) is 1. The van der Waals surface area contributed by atoms with Crippen molar-refractivity contribution in [1.29, 1.82) is 0 Å². The quantitative estimate of drug-likeness (QED) is 0.925. The number of rotatable bonds is 4. The van der Waals surface area contributed by atoms with Gasteiger partial charge in [0.15, 0.2) is 0 Å². The lowest BCUT2D eigenvalue weighted by molar-refractivity contribution is 0.405. The number of benzene rings is 2. The number of methoxy groups -OCH3 is 1. The van der Waals surface area contributed by atoms with Gasteiger partial charge in [0, 0.05) is 22.2 Å². The van der Waals surface area contributed by atoms with E-state index in [1.54, 1.807) is 19.2 Å². The van der Waals surface area contributed by atoms with E-state index in [-0.39, 0.29) is 11.9 Å². The molecule has 0 aliphatic carbocycles. The van der Waals surface area contributed by atoms with Gasteiger partial charge in [-0.1, -0.05) is 35.9 Å². The molecule has 1 unspecified atom stereocenters. The number of ether oxygens (including phenoxy) is 1. The van der Waals surface area contributed by atoms with Crippen molar-refractivity contribution in [3.05, 3.63) is 64.4 Å². The first-order chi connectivity index (χ1) is 9.13. The van der Waals surface area contributed by atoms with Crippen LogP contribution in [0.5, 0.6) is 5.75 Å². The summed E-state index contributed by atoms with van der Waals surface area (Å²) < 4.78 is 19.0. The van der Waals surface area contributed by atoms with E-state index in [9.17, 15) is 4.39 Å². The highest BCUT2D eigenvalue weighted by molar-refractivity contribution is 6.31. The fourth-order valence-corrected chi connectivity index (χ4v) is 2.27. The van der Waals surface area contributed by atoms with Crippen molar-refractivity contribution >= 4 is 11.6 Å². The summed E-state index contributed by atoms with van der Waals surface area (Å²) in [5.74, 6) is 0.361. The summed E-state index contributed by atoms with van der Waals surface area (Å²) in [6, 6.07) is 11.7. The Morgan fingerprint density at radius 1 is 1.21 bits per heavy atom. The van der Waals surface area contributed by atoms with Crippen molar-refractivity contribution in [2.24, 2.45) is 5.73 Å². The molecule has 2 rings (SSSR count). The van der Waals surface area contributed by atoms with Crippen LogP contribution >= 0.6 is 11.6 Å². The minimum atomic E-state index is -0.370. The van der Waals surface area contributed by atoms with E-state index < -0.39 is 0 Å². The standard InChI is InChI=1S/C15H15ClFNO/c1-19-15-8-3-2-5-10(15)14(18)9-11-12(16)6-4-7-13(11)17/h2-8,14H,9,18H2,1H3. The molecule has 1 atom stereocenters. The Balaban J connectivity index is 2.28. The zero-order chi connectivity index (χ0) is 13.8. The van der Waals surface area contributed by atoms with E-state index in [1.807, 2.05) is 24.3 Å². The number of halogens is 2. The molecule has 0 saturated carbocycles. The fourth-order valence-electron chi connectivity index (χ4n) is 2.03. The van der Waals surface area contributed by atoms with Crippen molar-refractivity contribution in [2.45, 2.75) is 12.5 Å². The summed E-state index contributed by atoms with van der Waals surface area (Å²) in [6.07, 6.45) is 0.325. The summed E-state index contributed by atoms with van der Waals surface area (Å²) in [5.41, 5.74) is 7.41. The lowest BCUT2D eigenvalue weighted by Crippen LogP contribution is -2.15. The summed E-state index contributed by atoms with van der Waals surface area (Å²) >= 11 is 6.01. The molecule has 2 nitrogen and oxygen atoms in total. The van der Waals surface area contributed by atoms with E-state index in [0.717, 1.165) is 5.56 Å². The maximum absolute atomic E-state index is 13.7. The van der Waals surface area contributed by atoms with Gasteiger partial charge in [-0.05, 0) is 24.6 Å². The van der Waals surface area contributed by atoms with Crippen LogP contribution in [0.25, 0.3) is 0 Å². The van der Waals surface area contributed by atoms with Crippen molar-refractivity contribution in [3.63, 3.8) is 0 Å². The molecule has 0 heterocycles. The summed E-state index contributed by atoms with van der Waals surface area (Å²) in [5, 5.41) is 0.394. The molecule has 0 radical (unpaired) electrons. The second kappa shape index (κ2) is 6.04. The van der Waals surface area contributed by atoms with E-state index >= 15 is 0 Å². The maximum Gasteiger partial charge on any atom is 0.127 e. The minimum absolute atomic E-state index is 0.325. The summed E-state index contributed by atoms with van der Waals surface area (Å²) in [6.45, 7) is 0. The van der Waals surface area contributed by atoms with Crippen molar-refractivity contribution in [3.8, 4) is 5.75 Å². The van der Waals surface area contributed by atoms with E-state index in [2.05, 4.69) is 0 Å². The monoisotopic (exact) mass is 279 g/mol. The Bertz CT molecular complexity index is 554. The van der Waals surface area contributed by atoms with Crippen molar-refractivity contribution < 1.29 is 9.13 Å². The zero-order valence-corrected chi connectivity index (χ0v) is 11.3. The lowest BCUT2D eigenvalue weighted by Gasteiger charge is -2.16. The van der Waals surface area contributed by atoms with Gasteiger partial charge >= 0.3 is 0 Å².